The summed E-state index contributed by atoms with van der Waals surface area (Å²) in [6, 6.07) is -0.881. The first-order valence-electron chi connectivity index (χ1n) is 32.2. The average molecular weight is 1120 g/mol. The van der Waals surface area contributed by atoms with Crippen molar-refractivity contribution in [2.75, 3.05) is 40.9 Å². The lowest BCUT2D eigenvalue weighted by Crippen LogP contribution is -2.47. The van der Waals surface area contributed by atoms with Crippen LogP contribution < -0.4 is 5.32 Å². The van der Waals surface area contributed by atoms with Crippen LogP contribution in [0.25, 0.3) is 0 Å². The van der Waals surface area contributed by atoms with Crippen LogP contribution >= 0.6 is 7.82 Å². The highest BCUT2D eigenvalue weighted by atomic mass is 31.2. The quantitative estimate of drug-likeness (QED) is 0.0205. The molecule has 0 aliphatic carbocycles. The first-order valence-corrected chi connectivity index (χ1v) is 33.7. The number of phosphoric ester groups is 1. The lowest BCUT2D eigenvalue weighted by molar-refractivity contribution is -0.870. The first-order chi connectivity index (χ1) is 38.4. The van der Waals surface area contributed by atoms with Crippen molar-refractivity contribution in [1.82, 2.24) is 5.32 Å². The largest absolute Gasteiger partial charge is 0.472 e. The number of esters is 1. The zero-order valence-electron chi connectivity index (χ0n) is 51.8. The van der Waals surface area contributed by atoms with Crippen LogP contribution in [0.15, 0.2) is 109 Å². The number of nitrogens with one attached hydrogen (secondary N) is 1. The van der Waals surface area contributed by atoms with E-state index in [0.717, 1.165) is 103 Å². The highest BCUT2D eigenvalue weighted by molar-refractivity contribution is 7.47. The Kier molecular flexibility index (Phi) is 55.4. The van der Waals surface area contributed by atoms with Gasteiger partial charge in [-0.3, -0.25) is 18.6 Å². The molecular formula is C69H122N2O7P+. The zero-order valence-corrected chi connectivity index (χ0v) is 52.7. The SMILES string of the molecule is CC/C=C\C/C=C\C/C=C\C/C=C\C/C=C\CCCC(=O)OC(/C=C\CCCCCCCCCCCCC)C(COP(=O)(O)OCC[N+](C)(C)C)NC(=O)CCCCCCCCCCCC/C=C\C/C=C\C/C=C\CCCCC. The molecule has 0 saturated carbocycles. The molecule has 0 bridgehead atoms. The molecule has 0 rings (SSSR count). The number of ether oxygens (including phenoxy) is 1. The number of hydrogen-bond donors (Lipinski definition) is 2. The predicted octanol–water partition coefficient (Wildman–Crippen LogP) is 20.1. The highest BCUT2D eigenvalue weighted by Gasteiger charge is 2.30. The number of amides is 1. The van der Waals surface area contributed by atoms with Crippen molar-refractivity contribution < 1.29 is 37.3 Å². The molecule has 0 aromatic rings. The summed E-state index contributed by atoms with van der Waals surface area (Å²) in [6.07, 6.45) is 79.5. The van der Waals surface area contributed by atoms with Crippen LogP contribution in [0.2, 0.25) is 0 Å². The normalized spacial score (nSPS) is 14.4. The van der Waals surface area contributed by atoms with Crippen molar-refractivity contribution in [1.29, 1.82) is 0 Å². The minimum Gasteiger partial charge on any atom is -0.456 e. The number of carbonyl (C=O) groups excluding carboxylic acids is 2. The maximum absolute atomic E-state index is 13.6. The molecule has 3 atom stereocenters. The second-order valence-corrected chi connectivity index (χ2v) is 24.0. The molecule has 0 radical (unpaired) electrons. The first kappa shape index (κ1) is 75.7. The highest BCUT2D eigenvalue weighted by Crippen LogP contribution is 2.43. The molecule has 454 valence electrons. The summed E-state index contributed by atoms with van der Waals surface area (Å²) in [5, 5.41) is 3.04. The number of unbranched alkanes of at least 4 members (excludes halogenated alkanes) is 25. The van der Waals surface area contributed by atoms with Crippen molar-refractivity contribution in [3.8, 4) is 0 Å². The molecule has 0 heterocycles. The molecule has 79 heavy (non-hydrogen) atoms. The van der Waals surface area contributed by atoms with Crippen LogP contribution in [-0.4, -0.2) is 74.3 Å². The van der Waals surface area contributed by atoms with Gasteiger partial charge in [-0.05, 0) is 109 Å². The predicted molar refractivity (Wildman–Crippen MR) is 341 cm³/mol. The fourth-order valence-corrected chi connectivity index (χ4v) is 9.48. The van der Waals surface area contributed by atoms with E-state index in [1.54, 1.807) is 0 Å². The molecule has 0 aliphatic rings. The van der Waals surface area contributed by atoms with Gasteiger partial charge in [0.1, 0.15) is 19.3 Å². The van der Waals surface area contributed by atoms with Crippen molar-refractivity contribution in [3.63, 3.8) is 0 Å². The van der Waals surface area contributed by atoms with Gasteiger partial charge in [0.05, 0.1) is 33.8 Å². The summed E-state index contributed by atoms with van der Waals surface area (Å²) in [6.45, 7) is 6.83. The number of carbonyl (C=O) groups is 2. The smallest absolute Gasteiger partial charge is 0.456 e. The van der Waals surface area contributed by atoms with Crippen LogP contribution in [0.4, 0.5) is 0 Å². The van der Waals surface area contributed by atoms with Gasteiger partial charge in [0.15, 0.2) is 0 Å². The Morgan fingerprint density at radius 3 is 1.27 bits per heavy atom. The van der Waals surface area contributed by atoms with Crippen LogP contribution in [-0.2, 0) is 27.9 Å². The Bertz CT molecular complexity index is 1720. The minimum absolute atomic E-state index is 0.0256. The van der Waals surface area contributed by atoms with Crippen LogP contribution in [0.1, 0.15) is 265 Å². The second kappa shape index (κ2) is 57.9. The monoisotopic (exact) mass is 1120 g/mol. The van der Waals surface area contributed by atoms with E-state index in [1.165, 1.54) is 122 Å². The fourth-order valence-electron chi connectivity index (χ4n) is 8.75. The number of phosphoric acid groups is 1. The molecule has 0 fully saturated rings. The fraction of sp³-hybridized carbons (Fsp3) is 0.710. The molecular weight excluding hydrogens is 1000 g/mol. The van der Waals surface area contributed by atoms with E-state index < -0.39 is 20.0 Å². The number of likely N-dealkylation sites (N-methyl/N-ethyl adjacent to an activating group) is 1. The number of nitrogens with zero attached hydrogens (tertiary/aromatic N) is 1. The molecule has 3 unspecified atom stereocenters. The maximum atomic E-state index is 13.6. The molecule has 1 amide bonds. The molecule has 0 saturated heterocycles. The van der Waals surface area contributed by atoms with Crippen molar-refractivity contribution in [3.05, 3.63) is 109 Å². The Balaban J connectivity index is 5.30. The van der Waals surface area contributed by atoms with Gasteiger partial charge in [0, 0.05) is 12.8 Å². The van der Waals surface area contributed by atoms with Gasteiger partial charge in [-0.2, -0.15) is 0 Å². The van der Waals surface area contributed by atoms with Crippen LogP contribution in [0.3, 0.4) is 0 Å². The van der Waals surface area contributed by atoms with E-state index in [2.05, 4.69) is 123 Å². The number of hydrogen-bond acceptors (Lipinski definition) is 6. The van der Waals surface area contributed by atoms with E-state index in [9.17, 15) is 19.0 Å². The van der Waals surface area contributed by atoms with E-state index in [0.29, 0.717) is 23.9 Å². The maximum Gasteiger partial charge on any atom is 0.472 e. The summed E-state index contributed by atoms with van der Waals surface area (Å²) >= 11 is 0. The summed E-state index contributed by atoms with van der Waals surface area (Å²) in [4.78, 5) is 37.8. The Morgan fingerprint density at radius 1 is 0.456 bits per heavy atom. The number of allylic oxidation sites excluding steroid dienone is 17. The van der Waals surface area contributed by atoms with Gasteiger partial charge in [-0.1, -0.05) is 252 Å². The van der Waals surface area contributed by atoms with Crippen molar-refractivity contribution in [2.45, 2.75) is 277 Å². The van der Waals surface area contributed by atoms with Gasteiger partial charge in [0.2, 0.25) is 5.91 Å². The van der Waals surface area contributed by atoms with E-state index in [-0.39, 0.29) is 31.5 Å². The summed E-state index contributed by atoms with van der Waals surface area (Å²) in [5.74, 6) is -0.580. The third-order valence-corrected chi connectivity index (χ3v) is 14.7. The molecule has 0 aliphatic heterocycles. The van der Waals surface area contributed by atoms with E-state index in [1.807, 2.05) is 33.3 Å². The van der Waals surface area contributed by atoms with Crippen molar-refractivity contribution >= 4 is 19.7 Å². The third-order valence-electron chi connectivity index (χ3n) is 13.7. The third kappa shape index (κ3) is 59.1. The van der Waals surface area contributed by atoms with Gasteiger partial charge >= 0.3 is 13.8 Å². The second-order valence-electron chi connectivity index (χ2n) is 22.5. The summed E-state index contributed by atoms with van der Waals surface area (Å²) < 4.78 is 30.7. The number of rotatable bonds is 57. The van der Waals surface area contributed by atoms with Gasteiger partial charge in [-0.25, -0.2) is 4.57 Å². The number of quaternary nitrogens is 1. The minimum atomic E-state index is -4.47. The molecule has 2 N–H and O–H groups in total. The average Bonchev–Trinajstić information content (AvgIpc) is 3.41. The lowest BCUT2D eigenvalue weighted by Gasteiger charge is -2.27. The molecule has 0 spiro atoms. The summed E-state index contributed by atoms with van der Waals surface area (Å²) in [7, 11) is 1.45. The Labute approximate surface area is 487 Å². The molecule has 9 nitrogen and oxygen atoms in total. The molecule has 0 aromatic heterocycles. The van der Waals surface area contributed by atoms with Crippen molar-refractivity contribution in [2.24, 2.45) is 0 Å². The topological polar surface area (TPSA) is 111 Å². The Hall–Kier alpha value is -3.33. The van der Waals surface area contributed by atoms with Gasteiger partial charge in [-0.15, -0.1) is 0 Å². The molecule has 10 heteroatoms. The zero-order chi connectivity index (χ0) is 57.9. The lowest BCUT2D eigenvalue weighted by atomic mass is 10.0. The van der Waals surface area contributed by atoms with E-state index in [4.69, 9.17) is 13.8 Å². The van der Waals surface area contributed by atoms with Gasteiger partial charge in [0.25, 0.3) is 0 Å². The summed E-state index contributed by atoms with van der Waals surface area (Å²) in [5.41, 5.74) is 0. The van der Waals surface area contributed by atoms with Crippen LogP contribution in [0, 0.1) is 0 Å². The van der Waals surface area contributed by atoms with E-state index >= 15 is 0 Å². The van der Waals surface area contributed by atoms with Crippen LogP contribution in [0.5, 0.6) is 0 Å². The standard InChI is InChI=1S/C69H121N2O7P/c1-7-10-13-16-19-22-25-28-30-32-33-34-35-36-37-39-40-43-46-49-52-55-58-61-68(72)70-66(65-77-79(74,75)76-64-63-71(4,5)6)67(60-57-54-51-48-45-42-27-24-21-18-15-12-9-3)78-69(73)62-59-56-53-50-47-44-41-38-31-29-26-23-20-17-14-11-8-2/h11,14,19-20,22-23,28-31,33-34,41,44,50,53,57,60,66-67H,7-10,12-13,15-18,21,24-27,32,35-40,42-43,45-49,51-52,54-56,58-59,61-65H2,1-6H3,(H-,70,72,74,75)/p+1/b14-11-,22-19-,23-20-,30-28-,31-29-,34-33-,44-41-,53-50-,60-57-. The van der Waals surface area contributed by atoms with Gasteiger partial charge < -0.3 is 19.4 Å². The molecule has 0 aromatic carbocycles. The Morgan fingerprint density at radius 2 is 0.823 bits per heavy atom.